The third-order valence-corrected chi connectivity index (χ3v) is 6.02. The molecule has 0 fully saturated rings. The Balaban J connectivity index is 1.58. The van der Waals surface area contributed by atoms with E-state index < -0.39 is 0 Å². The summed E-state index contributed by atoms with van der Waals surface area (Å²) in [6.07, 6.45) is 1.12. The van der Waals surface area contributed by atoms with Crippen LogP contribution in [-0.2, 0) is 17.8 Å². The highest BCUT2D eigenvalue weighted by molar-refractivity contribution is 6.36. The second-order valence-corrected chi connectivity index (χ2v) is 8.33. The minimum atomic E-state index is -0.267. The lowest BCUT2D eigenvalue weighted by molar-refractivity contribution is -0.121. The molecule has 0 aliphatic heterocycles. The molecule has 1 heterocycles. The highest BCUT2D eigenvalue weighted by Crippen LogP contribution is 2.29. The van der Waals surface area contributed by atoms with Gasteiger partial charge >= 0.3 is 0 Å². The zero-order chi connectivity index (χ0) is 21.8. The molecule has 1 amide bonds. The second kappa shape index (κ2) is 9.54. The van der Waals surface area contributed by atoms with Crippen LogP contribution in [0.3, 0.4) is 0 Å². The lowest BCUT2D eigenvalue weighted by atomic mass is 10.1. The van der Waals surface area contributed by atoms with Crippen molar-refractivity contribution in [3.63, 3.8) is 0 Å². The molecule has 158 valence electrons. The Morgan fingerprint density at radius 2 is 1.65 bits per heavy atom. The predicted molar refractivity (Wildman–Crippen MR) is 127 cm³/mol. The average Bonchev–Trinajstić information content (AvgIpc) is 3.14. The van der Waals surface area contributed by atoms with Crippen molar-refractivity contribution >= 4 is 40.1 Å². The van der Waals surface area contributed by atoms with Gasteiger partial charge in [-0.25, -0.2) is 4.98 Å². The van der Waals surface area contributed by atoms with Crippen molar-refractivity contribution in [1.82, 2.24) is 14.9 Å². The van der Waals surface area contributed by atoms with Crippen LogP contribution in [0.2, 0.25) is 10.0 Å². The summed E-state index contributed by atoms with van der Waals surface area (Å²) in [5.74, 6) is 0.760. The standard InChI is InChI=1S/C25H23Cl2N3O/c1-17(28-24(31)15-14-18-8-3-2-4-9-18)25-29-22-12-5-6-13-23(22)30(25)16-19-20(26)10-7-11-21(19)27/h2-13,17H,14-16H2,1H3,(H,28,31). The van der Waals surface area contributed by atoms with Crippen LogP contribution >= 0.6 is 23.2 Å². The van der Waals surface area contributed by atoms with Gasteiger partial charge in [0.15, 0.2) is 0 Å². The van der Waals surface area contributed by atoms with Crippen molar-refractivity contribution in [3.8, 4) is 0 Å². The number of carbonyl (C=O) groups is 1. The molecule has 4 aromatic rings. The number of hydrogen-bond donors (Lipinski definition) is 1. The van der Waals surface area contributed by atoms with E-state index in [1.165, 1.54) is 0 Å². The molecule has 1 unspecified atom stereocenters. The molecule has 0 saturated carbocycles. The average molecular weight is 452 g/mol. The molecule has 4 nitrogen and oxygen atoms in total. The van der Waals surface area contributed by atoms with Gasteiger partial charge in [-0.05, 0) is 43.2 Å². The molecule has 0 aliphatic carbocycles. The van der Waals surface area contributed by atoms with Gasteiger partial charge in [0, 0.05) is 22.0 Å². The quantitative estimate of drug-likeness (QED) is 0.363. The Bertz CT molecular complexity index is 1180. The lowest BCUT2D eigenvalue weighted by Crippen LogP contribution is -2.29. The number of aryl methyl sites for hydroxylation is 1. The van der Waals surface area contributed by atoms with E-state index in [0.717, 1.165) is 28.0 Å². The fourth-order valence-corrected chi connectivity index (χ4v) is 4.23. The summed E-state index contributed by atoms with van der Waals surface area (Å²) in [6, 6.07) is 23.1. The van der Waals surface area contributed by atoms with Crippen molar-refractivity contribution in [2.24, 2.45) is 0 Å². The third-order valence-electron chi connectivity index (χ3n) is 5.31. The predicted octanol–water partition coefficient (Wildman–Crippen LogP) is 6.20. The summed E-state index contributed by atoms with van der Waals surface area (Å²) in [4.78, 5) is 17.4. The van der Waals surface area contributed by atoms with Crippen molar-refractivity contribution in [1.29, 1.82) is 0 Å². The summed E-state index contributed by atoms with van der Waals surface area (Å²) in [5, 5.41) is 4.31. The number of benzene rings is 3. The number of halogens is 2. The number of para-hydroxylation sites is 2. The molecule has 31 heavy (non-hydrogen) atoms. The summed E-state index contributed by atoms with van der Waals surface area (Å²) >= 11 is 12.9. The first-order chi connectivity index (χ1) is 15.0. The first-order valence-electron chi connectivity index (χ1n) is 10.2. The molecule has 0 saturated heterocycles. The summed E-state index contributed by atoms with van der Waals surface area (Å²) in [6.45, 7) is 2.42. The van der Waals surface area contributed by atoms with Crippen molar-refractivity contribution in [2.45, 2.75) is 32.4 Å². The van der Waals surface area contributed by atoms with E-state index in [9.17, 15) is 4.79 Å². The molecular weight excluding hydrogens is 429 g/mol. The maximum Gasteiger partial charge on any atom is 0.220 e. The molecule has 0 bridgehead atoms. The van der Waals surface area contributed by atoms with Gasteiger partial charge < -0.3 is 9.88 Å². The van der Waals surface area contributed by atoms with E-state index in [0.29, 0.717) is 29.4 Å². The highest BCUT2D eigenvalue weighted by Gasteiger charge is 2.20. The molecule has 0 radical (unpaired) electrons. The van der Waals surface area contributed by atoms with Gasteiger partial charge in [0.25, 0.3) is 0 Å². The molecule has 1 atom stereocenters. The number of amides is 1. The van der Waals surface area contributed by atoms with Crippen molar-refractivity contribution in [3.05, 3.63) is 99.8 Å². The number of fused-ring (bicyclic) bond motifs is 1. The van der Waals surface area contributed by atoms with Gasteiger partial charge in [-0.15, -0.1) is 0 Å². The van der Waals surface area contributed by atoms with Crippen LogP contribution in [0.15, 0.2) is 72.8 Å². The number of rotatable bonds is 7. The maximum absolute atomic E-state index is 12.6. The molecular formula is C25H23Cl2N3O. The van der Waals surface area contributed by atoms with Crippen molar-refractivity contribution < 1.29 is 4.79 Å². The van der Waals surface area contributed by atoms with Crippen LogP contribution in [0.5, 0.6) is 0 Å². The summed E-state index contributed by atoms with van der Waals surface area (Å²) < 4.78 is 2.07. The lowest BCUT2D eigenvalue weighted by Gasteiger charge is -2.17. The van der Waals surface area contributed by atoms with Crippen LogP contribution < -0.4 is 5.32 Å². The third kappa shape index (κ3) is 4.92. The van der Waals surface area contributed by atoms with E-state index in [1.807, 2.05) is 79.7 Å². The smallest absolute Gasteiger partial charge is 0.220 e. The van der Waals surface area contributed by atoms with E-state index in [-0.39, 0.29) is 11.9 Å². The topological polar surface area (TPSA) is 46.9 Å². The molecule has 6 heteroatoms. The minimum absolute atomic E-state index is 0.00858. The Kier molecular flexibility index (Phi) is 6.59. The largest absolute Gasteiger partial charge is 0.346 e. The number of hydrogen-bond acceptors (Lipinski definition) is 2. The Morgan fingerprint density at radius 3 is 2.39 bits per heavy atom. The van der Waals surface area contributed by atoms with Gasteiger partial charge in [-0.2, -0.15) is 0 Å². The van der Waals surface area contributed by atoms with Crippen LogP contribution in [0.25, 0.3) is 11.0 Å². The van der Waals surface area contributed by atoms with Gasteiger partial charge in [0.05, 0.1) is 23.6 Å². The van der Waals surface area contributed by atoms with Crippen LogP contribution in [0.4, 0.5) is 0 Å². The zero-order valence-corrected chi connectivity index (χ0v) is 18.7. The Labute approximate surface area is 191 Å². The fraction of sp³-hybridized carbons (Fsp3) is 0.200. The number of imidazole rings is 1. The van der Waals surface area contributed by atoms with E-state index >= 15 is 0 Å². The minimum Gasteiger partial charge on any atom is -0.346 e. The first kappa shape index (κ1) is 21.4. The normalized spacial score (nSPS) is 12.1. The highest BCUT2D eigenvalue weighted by atomic mass is 35.5. The Morgan fingerprint density at radius 1 is 0.968 bits per heavy atom. The Hall–Kier alpha value is -2.82. The van der Waals surface area contributed by atoms with Crippen LogP contribution in [0, 0.1) is 0 Å². The molecule has 3 aromatic carbocycles. The zero-order valence-electron chi connectivity index (χ0n) is 17.2. The number of nitrogens with zero attached hydrogens (tertiary/aromatic N) is 2. The van der Waals surface area contributed by atoms with Crippen LogP contribution in [-0.4, -0.2) is 15.5 Å². The summed E-state index contributed by atoms with van der Waals surface area (Å²) in [5.41, 5.74) is 3.81. The summed E-state index contributed by atoms with van der Waals surface area (Å²) in [7, 11) is 0. The number of nitrogens with one attached hydrogen (secondary N) is 1. The van der Waals surface area contributed by atoms with Gasteiger partial charge in [0.2, 0.25) is 5.91 Å². The van der Waals surface area contributed by atoms with Crippen molar-refractivity contribution in [2.75, 3.05) is 0 Å². The van der Waals surface area contributed by atoms with E-state index in [4.69, 9.17) is 28.2 Å². The van der Waals surface area contributed by atoms with E-state index in [2.05, 4.69) is 9.88 Å². The number of aromatic nitrogens is 2. The first-order valence-corrected chi connectivity index (χ1v) is 11.0. The molecule has 0 spiro atoms. The second-order valence-electron chi connectivity index (χ2n) is 7.52. The maximum atomic E-state index is 12.6. The van der Waals surface area contributed by atoms with Gasteiger partial charge in [-0.1, -0.05) is 71.7 Å². The van der Waals surface area contributed by atoms with Gasteiger partial charge in [0.1, 0.15) is 5.82 Å². The van der Waals surface area contributed by atoms with Crippen LogP contribution in [0.1, 0.15) is 36.3 Å². The monoisotopic (exact) mass is 451 g/mol. The molecule has 0 aliphatic rings. The molecule has 1 N–H and O–H groups in total. The van der Waals surface area contributed by atoms with E-state index in [1.54, 1.807) is 0 Å². The SMILES string of the molecule is CC(NC(=O)CCc1ccccc1)c1nc2ccccc2n1Cc1c(Cl)cccc1Cl. The molecule has 1 aromatic heterocycles. The number of carbonyl (C=O) groups excluding carboxylic acids is 1. The molecule has 4 rings (SSSR count). The van der Waals surface area contributed by atoms with Gasteiger partial charge in [-0.3, -0.25) is 4.79 Å². The fourth-order valence-electron chi connectivity index (χ4n) is 3.71.